The van der Waals surface area contributed by atoms with Gasteiger partial charge < -0.3 is 4.74 Å². The lowest BCUT2D eigenvalue weighted by Crippen LogP contribution is -2.20. The molecule has 0 spiro atoms. The first kappa shape index (κ1) is 19.4. The van der Waals surface area contributed by atoms with Crippen LogP contribution in [0.1, 0.15) is 11.3 Å². The molecule has 0 radical (unpaired) electrons. The lowest BCUT2D eigenvalue weighted by atomic mass is 10.2. The molecule has 4 nitrogen and oxygen atoms in total. The van der Waals surface area contributed by atoms with Gasteiger partial charge >= 0.3 is 12.4 Å². The van der Waals surface area contributed by atoms with Gasteiger partial charge in [-0.3, -0.25) is 9.78 Å². The number of halogens is 7. The summed E-state index contributed by atoms with van der Waals surface area (Å²) in [6, 6.07) is 2.09. The summed E-state index contributed by atoms with van der Waals surface area (Å²) in [5.41, 5.74) is -4.25. The topological polar surface area (TPSA) is 55.0 Å². The van der Waals surface area contributed by atoms with Gasteiger partial charge in [-0.2, -0.15) is 26.3 Å². The van der Waals surface area contributed by atoms with E-state index in [-0.39, 0.29) is 5.16 Å². The molecule has 2 aromatic rings. The van der Waals surface area contributed by atoms with Crippen LogP contribution in [0.4, 0.5) is 26.3 Å². The fraction of sp³-hybridized carbons (Fsp3) is 0.231. The van der Waals surface area contributed by atoms with Crippen molar-refractivity contribution < 1.29 is 31.1 Å². The summed E-state index contributed by atoms with van der Waals surface area (Å²) in [6.07, 6.45) is -8.52. The highest BCUT2D eigenvalue weighted by atomic mass is 35.5. The average Bonchev–Trinajstić information content (AvgIpc) is 2.48. The van der Waals surface area contributed by atoms with Crippen molar-refractivity contribution in [3.05, 3.63) is 44.8 Å². The van der Waals surface area contributed by atoms with Crippen LogP contribution in [0, 0.1) is 0 Å². The summed E-state index contributed by atoms with van der Waals surface area (Å²) in [5, 5.41) is -0.988. The van der Waals surface area contributed by atoms with Crippen molar-refractivity contribution in [1.82, 2.24) is 9.97 Å². The van der Waals surface area contributed by atoms with E-state index >= 15 is 0 Å². The molecule has 0 amide bonds. The van der Waals surface area contributed by atoms with Crippen LogP contribution in [0.15, 0.2) is 28.2 Å². The van der Waals surface area contributed by atoms with Crippen molar-refractivity contribution in [1.29, 1.82) is 0 Å². The molecular formula is C13H7ClF6N2O2S. The van der Waals surface area contributed by atoms with Gasteiger partial charge in [-0.25, -0.2) is 4.98 Å². The fourth-order valence-corrected chi connectivity index (χ4v) is 2.33. The summed E-state index contributed by atoms with van der Waals surface area (Å²) in [7, 11) is 0. The van der Waals surface area contributed by atoms with Gasteiger partial charge in [-0.1, -0.05) is 23.4 Å². The van der Waals surface area contributed by atoms with Crippen LogP contribution in [0.3, 0.4) is 0 Å². The Labute approximate surface area is 145 Å². The Hall–Kier alpha value is -1.88. The van der Waals surface area contributed by atoms with Crippen LogP contribution in [-0.4, -0.2) is 16.2 Å². The molecule has 0 fully saturated rings. The van der Waals surface area contributed by atoms with E-state index in [1.54, 1.807) is 0 Å². The molecule has 1 heterocycles. The molecule has 0 saturated heterocycles. The van der Waals surface area contributed by atoms with E-state index in [0.29, 0.717) is 6.07 Å². The minimum absolute atomic E-state index is 0.322. The molecule has 12 heteroatoms. The Bertz CT molecular complexity index is 850. The molecule has 0 bridgehead atoms. The van der Waals surface area contributed by atoms with Crippen LogP contribution >= 0.6 is 23.4 Å². The SMILES string of the molecule is CSc1nc(C(F)(F)F)c(Oc2ccc(Cl)c(C(F)(F)F)c2)c(=O)[nH]1. The van der Waals surface area contributed by atoms with Gasteiger partial charge in [0, 0.05) is 0 Å². The van der Waals surface area contributed by atoms with E-state index < -0.39 is 45.7 Å². The molecule has 0 aliphatic carbocycles. The van der Waals surface area contributed by atoms with Crippen molar-refractivity contribution in [2.24, 2.45) is 0 Å². The first-order valence-corrected chi connectivity index (χ1v) is 7.84. The Morgan fingerprint density at radius 3 is 2.32 bits per heavy atom. The first-order chi connectivity index (χ1) is 11.4. The largest absolute Gasteiger partial charge is 0.449 e. The number of thioether (sulfide) groups is 1. The van der Waals surface area contributed by atoms with E-state index in [0.717, 1.165) is 23.9 Å². The number of ether oxygens (including phenoxy) is 1. The third-order valence-corrected chi connectivity index (χ3v) is 3.69. The summed E-state index contributed by atoms with van der Waals surface area (Å²) in [5.74, 6) is -1.91. The van der Waals surface area contributed by atoms with Crippen LogP contribution in [-0.2, 0) is 12.4 Å². The Morgan fingerprint density at radius 1 is 1.16 bits per heavy atom. The maximum atomic E-state index is 13.1. The predicted molar refractivity (Wildman–Crippen MR) is 78.2 cm³/mol. The van der Waals surface area contributed by atoms with Gasteiger partial charge in [0.2, 0.25) is 5.75 Å². The Kier molecular flexibility index (Phi) is 5.28. The third-order valence-electron chi connectivity index (χ3n) is 2.78. The van der Waals surface area contributed by atoms with E-state index in [1.165, 1.54) is 6.26 Å². The molecule has 1 aromatic carbocycles. The number of hydrogen-bond donors (Lipinski definition) is 1. The van der Waals surface area contributed by atoms with Gasteiger partial charge in [-0.05, 0) is 24.5 Å². The Balaban J connectivity index is 2.56. The highest BCUT2D eigenvalue weighted by molar-refractivity contribution is 7.98. The van der Waals surface area contributed by atoms with Gasteiger partial charge in [0.25, 0.3) is 5.56 Å². The minimum atomic E-state index is -5.05. The molecule has 1 N–H and O–H groups in total. The molecule has 136 valence electrons. The molecule has 1 aromatic heterocycles. The predicted octanol–water partition coefficient (Wildman–Crippen LogP) is 4.98. The van der Waals surface area contributed by atoms with E-state index in [4.69, 9.17) is 16.3 Å². The first-order valence-electron chi connectivity index (χ1n) is 6.23. The number of nitrogens with one attached hydrogen (secondary N) is 1. The standard InChI is InChI=1S/C13H7ClF6N2O2S/c1-25-11-21-9(13(18,19)20)8(10(23)22-11)24-5-2-3-7(14)6(4-5)12(15,16)17/h2-4H,1H3,(H,21,22,23). The zero-order valence-corrected chi connectivity index (χ0v) is 13.6. The van der Waals surface area contributed by atoms with Gasteiger partial charge in [0.05, 0.1) is 10.6 Å². The quantitative estimate of drug-likeness (QED) is 0.445. The zero-order valence-electron chi connectivity index (χ0n) is 12.0. The highest BCUT2D eigenvalue weighted by Gasteiger charge is 2.39. The van der Waals surface area contributed by atoms with Gasteiger partial charge in [0.1, 0.15) is 5.75 Å². The van der Waals surface area contributed by atoms with Crippen LogP contribution in [0.2, 0.25) is 5.02 Å². The lowest BCUT2D eigenvalue weighted by molar-refractivity contribution is -0.143. The molecule has 0 aliphatic heterocycles. The maximum absolute atomic E-state index is 13.1. The second kappa shape index (κ2) is 6.79. The average molecular weight is 405 g/mol. The number of nitrogens with zero attached hydrogens (tertiary/aromatic N) is 1. The number of aromatic amines is 1. The fourth-order valence-electron chi connectivity index (χ4n) is 1.73. The van der Waals surface area contributed by atoms with Crippen molar-refractivity contribution in [3.8, 4) is 11.5 Å². The van der Waals surface area contributed by atoms with Crippen molar-refractivity contribution in [2.75, 3.05) is 6.26 Å². The number of aromatic nitrogens is 2. The normalized spacial score (nSPS) is 12.3. The van der Waals surface area contributed by atoms with Crippen molar-refractivity contribution >= 4 is 23.4 Å². The maximum Gasteiger partial charge on any atom is 0.437 e. The zero-order chi connectivity index (χ0) is 19.0. The smallest absolute Gasteiger partial charge is 0.437 e. The number of benzene rings is 1. The number of hydrogen-bond acceptors (Lipinski definition) is 4. The number of H-pyrrole nitrogens is 1. The molecule has 0 saturated carbocycles. The molecule has 0 aliphatic rings. The number of alkyl halides is 6. The van der Waals surface area contributed by atoms with Crippen LogP contribution in [0.5, 0.6) is 11.5 Å². The molecule has 0 unspecified atom stereocenters. The van der Waals surface area contributed by atoms with Crippen molar-refractivity contribution in [3.63, 3.8) is 0 Å². The number of rotatable bonds is 3. The molecule has 25 heavy (non-hydrogen) atoms. The second-order valence-corrected chi connectivity index (χ2v) is 5.69. The molecular weight excluding hydrogens is 398 g/mol. The van der Waals surface area contributed by atoms with E-state index in [1.807, 2.05) is 4.98 Å². The molecule has 2 rings (SSSR count). The van der Waals surface area contributed by atoms with E-state index in [9.17, 15) is 31.1 Å². The monoisotopic (exact) mass is 404 g/mol. The minimum Gasteiger partial charge on any atom is -0.449 e. The van der Waals surface area contributed by atoms with E-state index in [2.05, 4.69) is 4.98 Å². The second-order valence-electron chi connectivity index (χ2n) is 4.49. The molecule has 0 atom stereocenters. The van der Waals surface area contributed by atoms with Crippen molar-refractivity contribution in [2.45, 2.75) is 17.5 Å². The van der Waals surface area contributed by atoms with Crippen LogP contribution in [0.25, 0.3) is 0 Å². The summed E-state index contributed by atoms with van der Waals surface area (Å²) >= 11 is 6.17. The highest BCUT2D eigenvalue weighted by Crippen LogP contribution is 2.39. The van der Waals surface area contributed by atoms with Gasteiger partial charge in [0.15, 0.2) is 10.9 Å². The van der Waals surface area contributed by atoms with Crippen LogP contribution < -0.4 is 10.3 Å². The third kappa shape index (κ3) is 4.40. The van der Waals surface area contributed by atoms with Gasteiger partial charge in [-0.15, -0.1) is 0 Å². The summed E-state index contributed by atoms with van der Waals surface area (Å²) in [6.45, 7) is 0. The Morgan fingerprint density at radius 2 is 1.80 bits per heavy atom. The lowest BCUT2D eigenvalue weighted by Gasteiger charge is -2.14. The summed E-state index contributed by atoms with van der Waals surface area (Å²) in [4.78, 5) is 17.1. The summed E-state index contributed by atoms with van der Waals surface area (Å²) < 4.78 is 82.4.